The fourth-order valence-corrected chi connectivity index (χ4v) is 7.80. The van der Waals surface area contributed by atoms with E-state index >= 15 is 0 Å². The lowest BCUT2D eigenvalue weighted by molar-refractivity contribution is -0.117. The Bertz CT molecular complexity index is 2280. The van der Waals surface area contributed by atoms with Gasteiger partial charge in [-0.05, 0) is 94.4 Å². The molecule has 290 valence electrons. The number of pyridine rings is 1. The molecule has 2 amide bonds. The van der Waals surface area contributed by atoms with Gasteiger partial charge in [-0.2, -0.15) is 10.2 Å². The van der Waals surface area contributed by atoms with E-state index in [0.29, 0.717) is 24.3 Å². The third-order valence-electron chi connectivity index (χ3n) is 10.5. The number of rotatable bonds is 9. The number of amides is 2. The highest BCUT2D eigenvalue weighted by Gasteiger charge is 2.42. The van der Waals surface area contributed by atoms with Crippen molar-refractivity contribution in [3.8, 4) is 11.3 Å². The number of aromatic nitrogens is 3. The fraction of sp³-hybridized carbons (Fsp3) is 0.271. The van der Waals surface area contributed by atoms with Gasteiger partial charge in [-0.25, -0.2) is 14.9 Å². The van der Waals surface area contributed by atoms with Crippen LogP contribution in [0.25, 0.3) is 17.3 Å². The lowest BCUT2D eigenvalue weighted by Crippen LogP contribution is -2.46. The number of ether oxygens (including phenoxy) is 1. The molecule has 1 aliphatic carbocycles. The Balaban J connectivity index is 1.29. The summed E-state index contributed by atoms with van der Waals surface area (Å²) in [5.41, 5.74) is 10.2. The number of hydrogen-bond donors (Lipinski definition) is 1. The molecule has 2 aliphatic rings. The number of hydrogen-bond acceptors (Lipinski definition) is 6. The van der Waals surface area contributed by atoms with Crippen LogP contribution in [0.3, 0.4) is 0 Å². The van der Waals surface area contributed by atoms with Gasteiger partial charge in [0.15, 0.2) is 0 Å². The Morgan fingerprint density at radius 2 is 1.51 bits per heavy atom. The van der Waals surface area contributed by atoms with Gasteiger partial charge in [0, 0.05) is 47.3 Å². The number of allylic oxidation sites excluding steroid dienone is 4. The summed E-state index contributed by atoms with van der Waals surface area (Å²) in [5.74, 6) is -0.351. The van der Waals surface area contributed by atoms with E-state index < -0.39 is 17.2 Å². The number of carbonyl (C=O) groups is 2. The minimum atomic E-state index is -0.810. The standard InChI is InChI=1S/C48H50N6O3/c1-34(45(55)51-50-42-31-38(36-18-10-6-11-19-36)32-53(33-42)46(56)57-47(3,4)5)30-43-35(2)54(52-44(43)37-26-28-49-29-27-37)48(39-20-12-7-13-21-39,40-22-14-8-15-23-40)41-24-16-9-17-25-41/h6-8,10-16,18-30,38H,9,17,31-33H2,1-5H3,(H,51,55)/b34-30+,50-42?. The molecule has 0 spiro atoms. The number of piperidine rings is 1. The molecular formula is C48H50N6O3. The van der Waals surface area contributed by atoms with Crippen LogP contribution in [0.2, 0.25) is 0 Å². The minimum Gasteiger partial charge on any atom is -0.444 e. The van der Waals surface area contributed by atoms with Crippen LogP contribution in [0.4, 0.5) is 4.79 Å². The molecule has 1 fully saturated rings. The van der Waals surface area contributed by atoms with Crippen molar-refractivity contribution in [3.05, 3.63) is 173 Å². The van der Waals surface area contributed by atoms with E-state index in [0.717, 1.165) is 57.6 Å². The van der Waals surface area contributed by atoms with Gasteiger partial charge >= 0.3 is 6.09 Å². The van der Waals surface area contributed by atoms with Gasteiger partial charge in [0.1, 0.15) is 11.1 Å². The van der Waals surface area contributed by atoms with Crippen LogP contribution in [-0.4, -0.2) is 56.1 Å². The van der Waals surface area contributed by atoms with Crippen LogP contribution in [-0.2, 0) is 15.1 Å². The van der Waals surface area contributed by atoms with Crippen molar-refractivity contribution in [3.63, 3.8) is 0 Å². The van der Waals surface area contributed by atoms with E-state index in [1.807, 2.05) is 69.3 Å². The second kappa shape index (κ2) is 16.8. The summed E-state index contributed by atoms with van der Waals surface area (Å²) in [4.78, 5) is 33.2. The molecule has 5 aromatic rings. The Hall–Kier alpha value is -6.35. The third kappa shape index (κ3) is 8.43. The first-order chi connectivity index (χ1) is 27.5. The first-order valence-corrected chi connectivity index (χ1v) is 19.6. The maximum atomic E-state index is 14.0. The van der Waals surface area contributed by atoms with Crippen molar-refractivity contribution >= 4 is 23.8 Å². The number of carbonyl (C=O) groups excluding carboxylic acids is 2. The second-order valence-corrected chi connectivity index (χ2v) is 15.7. The maximum absolute atomic E-state index is 14.0. The predicted octanol–water partition coefficient (Wildman–Crippen LogP) is 9.62. The van der Waals surface area contributed by atoms with Crippen LogP contribution < -0.4 is 5.43 Å². The van der Waals surface area contributed by atoms with E-state index in [-0.39, 0.29) is 18.4 Å². The molecule has 0 saturated carbocycles. The summed E-state index contributed by atoms with van der Waals surface area (Å²) >= 11 is 0. The molecule has 1 N–H and O–H groups in total. The molecule has 1 unspecified atom stereocenters. The van der Waals surface area contributed by atoms with Crippen molar-refractivity contribution in [2.45, 2.75) is 70.9 Å². The summed E-state index contributed by atoms with van der Waals surface area (Å²) in [6, 6.07) is 35.0. The van der Waals surface area contributed by atoms with E-state index in [1.165, 1.54) is 0 Å². The Labute approximate surface area is 335 Å². The minimum absolute atomic E-state index is 0.000196. The topological polar surface area (TPSA) is 102 Å². The first-order valence-electron chi connectivity index (χ1n) is 19.6. The fourth-order valence-electron chi connectivity index (χ4n) is 7.80. The van der Waals surface area contributed by atoms with Crippen LogP contribution in [0, 0.1) is 6.92 Å². The number of nitrogens with zero attached hydrogens (tertiary/aromatic N) is 5. The van der Waals surface area contributed by atoms with Gasteiger partial charge in [0.25, 0.3) is 5.91 Å². The monoisotopic (exact) mass is 758 g/mol. The lowest BCUT2D eigenvalue weighted by Gasteiger charge is -2.39. The molecule has 1 atom stereocenters. The summed E-state index contributed by atoms with van der Waals surface area (Å²) in [5, 5.41) is 10.1. The highest BCUT2D eigenvalue weighted by atomic mass is 16.6. The quantitative estimate of drug-likeness (QED) is 0.119. The van der Waals surface area contributed by atoms with Crippen LogP contribution >= 0.6 is 0 Å². The first kappa shape index (κ1) is 38.9. The normalized spacial score (nSPS) is 17.0. The smallest absolute Gasteiger partial charge is 0.410 e. The molecule has 7 rings (SSSR count). The van der Waals surface area contributed by atoms with Crippen molar-refractivity contribution in [2.24, 2.45) is 5.10 Å². The van der Waals surface area contributed by atoms with Crippen LogP contribution in [0.15, 0.2) is 150 Å². The largest absolute Gasteiger partial charge is 0.444 e. The molecular weight excluding hydrogens is 709 g/mol. The third-order valence-corrected chi connectivity index (χ3v) is 10.5. The van der Waals surface area contributed by atoms with Crippen LogP contribution in [0.1, 0.15) is 80.8 Å². The molecule has 57 heavy (non-hydrogen) atoms. The van der Waals surface area contributed by atoms with Crippen molar-refractivity contribution in [1.29, 1.82) is 0 Å². The van der Waals surface area contributed by atoms with E-state index in [4.69, 9.17) is 9.84 Å². The average Bonchev–Trinajstić information content (AvgIpc) is 3.56. The summed E-state index contributed by atoms with van der Waals surface area (Å²) in [6.45, 7) is 10.2. The van der Waals surface area contributed by atoms with Crippen molar-refractivity contribution in [1.82, 2.24) is 25.1 Å². The van der Waals surface area contributed by atoms with E-state index in [2.05, 4.69) is 106 Å². The number of likely N-dealkylation sites (tertiary alicyclic amines) is 1. The molecule has 1 aliphatic heterocycles. The zero-order valence-electron chi connectivity index (χ0n) is 33.4. The summed E-state index contributed by atoms with van der Waals surface area (Å²) in [7, 11) is 0. The second-order valence-electron chi connectivity index (χ2n) is 15.7. The molecule has 3 aromatic carbocycles. The maximum Gasteiger partial charge on any atom is 0.410 e. The van der Waals surface area contributed by atoms with Gasteiger partial charge < -0.3 is 9.64 Å². The van der Waals surface area contributed by atoms with Gasteiger partial charge in [0.2, 0.25) is 0 Å². The molecule has 1 saturated heterocycles. The zero-order valence-corrected chi connectivity index (χ0v) is 33.4. The van der Waals surface area contributed by atoms with Gasteiger partial charge in [-0.3, -0.25) is 9.78 Å². The Kier molecular flexibility index (Phi) is 11.5. The Morgan fingerprint density at radius 1 is 0.877 bits per heavy atom. The number of benzene rings is 3. The molecule has 3 heterocycles. The lowest BCUT2D eigenvalue weighted by atomic mass is 9.75. The zero-order chi connectivity index (χ0) is 40.0. The Morgan fingerprint density at radius 3 is 2.11 bits per heavy atom. The highest BCUT2D eigenvalue weighted by molar-refractivity contribution is 5.99. The molecule has 0 radical (unpaired) electrons. The highest BCUT2D eigenvalue weighted by Crippen LogP contribution is 2.45. The van der Waals surface area contributed by atoms with Crippen LogP contribution in [0.5, 0.6) is 0 Å². The predicted molar refractivity (Wildman–Crippen MR) is 227 cm³/mol. The SMILES string of the molecule is C/C(=C\c1c(-c2ccncc2)nn(C(C2=CCCC=C2)(c2ccccc2)c2ccccc2)c1C)C(=O)NN=C1CC(c2ccccc2)CN(C(=O)OC(C)(C)C)C1. The van der Waals surface area contributed by atoms with Gasteiger partial charge in [0.05, 0.1) is 18.0 Å². The molecule has 9 heteroatoms. The molecule has 0 bridgehead atoms. The van der Waals surface area contributed by atoms with Crippen molar-refractivity contribution < 1.29 is 14.3 Å². The van der Waals surface area contributed by atoms with Crippen molar-refractivity contribution in [2.75, 3.05) is 13.1 Å². The molecule has 2 aromatic heterocycles. The molecule has 9 nitrogen and oxygen atoms in total. The van der Waals surface area contributed by atoms with E-state index in [1.54, 1.807) is 24.2 Å². The number of nitrogens with one attached hydrogen (secondary N) is 1. The van der Waals surface area contributed by atoms with Gasteiger partial charge in [-0.15, -0.1) is 0 Å². The van der Waals surface area contributed by atoms with E-state index in [9.17, 15) is 9.59 Å². The summed E-state index contributed by atoms with van der Waals surface area (Å²) < 4.78 is 7.86. The summed E-state index contributed by atoms with van der Waals surface area (Å²) in [6.07, 6.45) is 14.3. The van der Waals surface area contributed by atoms with Gasteiger partial charge in [-0.1, -0.05) is 109 Å². The average molecular weight is 759 g/mol. The number of hydrazone groups is 1.